The molecule has 110 valence electrons. The number of halogens is 1. The minimum Gasteiger partial charge on any atom is -0.490 e. The maximum Gasteiger partial charge on any atom is 0.165 e. The van der Waals surface area contributed by atoms with Crippen molar-refractivity contribution >= 4 is 0 Å². The van der Waals surface area contributed by atoms with Crippen molar-refractivity contribution < 1.29 is 14.2 Å². The molecule has 2 N–H and O–H groups in total. The van der Waals surface area contributed by atoms with Gasteiger partial charge in [0.15, 0.2) is 11.6 Å². The summed E-state index contributed by atoms with van der Waals surface area (Å²) in [5, 5.41) is 13.4. The van der Waals surface area contributed by atoms with E-state index in [1.807, 2.05) is 12.1 Å². The molecule has 1 aromatic carbocycles. The Bertz CT molecular complexity index is 606. The summed E-state index contributed by atoms with van der Waals surface area (Å²) >= 11 is 0. The molecule has 0 amide bonds. The number of rotatable bonds is 4. The molecule has 1 aliphatic heterocycles. The largest absolute Gasteiger partial charge is 0.490 e. The van der Waals surface area contributed by atoms with Gasteiger partial charge in [0, 0.05) is 30.8 Å². The first-order valence-corrected chi connectivity index (χ1v) is 6.99. The van der Waals surface area contributed by atoms with Gasteiger partial charge in [0.1, 0.15) is 6.10 Å². The quantitative estimate of drug-likeness (QED) is 0.907. The lowest BCUT2D eigenvalue weighted by atomic mass is 10.00. The van der Waals surface area contributed by atoms with Gasteiger partial charge in [-0.1, -0.05) is 18.2 Å². The van der Waals surface area contributed by atoms with E-state index in [0.717, 1.165) is 12.0 Å². The Labute approximate surface area is 122 Å². The van der Waals surface area contributed by atoms with E-state index < -0.39 is 6.10 Å². The second kappa shape index (κ2) is 6.20. The van der Waals surface area contributed by atoms with Gasteiger partial charge >= 0.3 is 0 Å². The third-order valence-corrected chi connectivity index (χ3v) is 3.61. The van der Waals surface area contributed by atoms with Crippen LogP contribution in [0.25, 0.3) is 0 Å². The molecule has 3 rings (SSSR count). The minimum atomic E-state index is -0.689. The normalized spacial score (nSPS) is 18.7. The van der Waals surface area contributed by atoms with E-state index in [1.165, 1.54) is 6.07 Å². The molecule has 0 radical (unpaired) electrons. The fourth-order valence-corrected chi connectivity index (χ4v) is 2.53. The van der Waals surface area contributed by atoms with Crippen LogP contribution in [0, 0.1) is 5.82 Å². The Hall–Kier alpha value is -1.98. The lowest BCUT2D eigenvalue weighted by Crippen LogP contribution is -2.31. The van der Waals surface area contributed by atoms with Crippen LogP contribution in [0.2, 0.25) is 0 Å². The molecule has 0 aliphatic carbocycles. The zero-order valence-corrected chi connectivity index (χ0v) is 11.5. The zero-order chi connectivity index (χ0) is 14.7. The lowest BCUT2D eigenvalue weighted by Gasteiger charge is -2.27. The summed E-state index contributed by atoms with van der Waals surface area (Å²) in [6, 6.07) is 10.3. The molecule has 0 saturated carbocycles. The van der Waals surface area contributed by atoms with Crippen LogP contribution in [-0.4, -0.2) is 23.2 Å². The van der Waals surface area contributed by atoms with E-state index in [0.29, 0.717) is 24.6 Å². The standard InChI is InChI=1S/C16H17FN2O2/c17-12-5-3-4-11-13(7-9-21-16(11)12)19-10-15(20)14-6-1-2-8-18-14/h1-6,8,13,15,19-20H,7,9-10H2/t13-,15?/m0/s1. The van der Waals surface area contributed by atoms with E-state index >= 15 is 0 Å². The van der Waals surface area contributed by atoms with Crippen LogP contribution >= 0.6 is 0 Å². The third kappa shape index (κ3) is 3.04. The number of hydrogen-bond donors (Lipinski definition) is 2. The maximum atomic E-state index is 13.7. The van der Waals surface area contributed by atoms with Crippen LogP contribution in [0.4, 0.5) is 4.39 Å². The lowest BCUT2D eigenvalue weighted by molar-refractivity contribution is 0.157. The van der Waals surface area contributed by atoms with Crippen LogP contribution in [-0.2, 0) is 0 Å². The molecule has 1 unspecified atom stereocenters. The van der Waals surface area contributed by atoms with E-state index in [4.69, 9.17) is 4.74 Å². The highest BCUT2D eigenvalue weighted by Crippen LogP contribution is 2.34. The Kier molecular flexibility index (Phi) is 4.13. The number of nitrogens with zero attached hydrogens (tertiary/aromatic N) is 1. The number of aliphatic hydroxyl groups excluding tert-OH is 1. The molecular weight excluding hydrogens is 271 g/mol. The molecule has 1 aromatic heterocycles. The summed E-state index contributed by atoms with van der Waals surface area (Å²) in [5.41, 5.74) is 1.42. The Balaban J connectivity index is 1.69. The van der Waals surface area contributed by atoms with Crippen molar-refractivity contribution in [3.8, 4) is 5.75 Å². The fraction of sp³-hybridized carbons (Fsp3) is 0.312. The average Bonchev–Trinajstić information content (AvgIpc) is 2.54. The molecule has 2 atom stereocenters. The van der Waals surface area contributed by atoms with Crippen molar-refractivity contribution in [2.75, 3.05) is 13.2 Å². The summed E-state index contributed by atoms with van der Waals surface area (Å²) in [7, 11) is 0. The number of ether oxygens (including phenoxy) is 1. The maximum absolute atomic E-state index is 13.7. The molecule has 2 heterocycles. The number of nitrogens with one attached hydrogen (secondary N) is 1. The smallest absolute Gasteiger partial charge is 0.165 e. The summed E-state index contributed by atoms with van der Waals surface area (Å²) < 4.78 is 19.1. The molecule has 0 saturated heterocycles. The Morgan fingerprint density at radius 2 is 2.24 bits per heavy atom. The first-order chi connectivity index (χ1) is 10.3. The SMILES string of the molecule is OC(CN[C@H]1CCOc2c(F)cccc21)c1ccccn1. The van der Waals surface area contributed by atoms with E-state index in [9.17, 15) is 9.50 Å². The second-order valence-corrected chi connectivity index (χ2v) is 5.03. The molecule has 21 heavy (non-hydrogen) atoms. The topological polar surface area (TPSA) is 54.4 Å². The number of benzene rings is 1. The molecule has 0 fully saturated rings. The number of aromatic nitrogens is 1. The van der Waals surface area contributed by atoms with Crippen molar-refractivity contribution in [3.05, 3.63) is 59.7 Å². The first-order valence-electron chi connectivity index (χ1n) is 6.99. The first kappa shape index (κ1) is 14.0. The summed E-state index contributed by atoms with van der Waals surface area (Å²) in [5.74, 6) is -0.0298. The second-order valence-electron chi connectivity index (χ2n) is 5.03. The van der Waals surface area contributed by atoms with Crippen molar-refractivity contribution in [2.45, 2.75) is 18.6 Å². The van der Waals surface area contributed by atoms with Gasteiger partial charge in [-0.15, -0.1) is 0 Å². The van der Waals surface area contributed by atoms with Crippen LogP contribution in [0.5, 0.6) is 5.75 Å². The van der Waals surface area contributed by atoms with Crippen LogP contribution in [0.3, 0.4) is 0 Å². The molecule has 0 spiro atoms. The van der Waals surface area contributed by atoms with Gasteiger partial charge in [-0.2, -0.15) is 0 Å². The highest BCUT2D eigenvalue weighted by atomic mass is 19.1. The molecular formula is C16H17FN2O2. The van der Waals surface area contributed by atoms with Crippen LogP contribution < -0.4 is 10.1 Å². The summed E-state index contributed by atoms with van der Waals surface area (Å²) in [6.45, 7) is 0.822. The van der Waals surface area contributed by atoms with Crippen molar-refractivity contribution in [1.82, 2.24) is 10.3 Å². The number of pyridine rings is 1. The minimum absolute atomic E-state index is 0.0252. The van der Waals surface area contributed by atoms with Gasteiger partial charge in [0.2, 0.25) is 0 Å². The summed E-state index contributed by atoms with van der Waals surface area (Å²) in [6.07, 6.45) is 1.70. The van der Waals surface area contributed by atoms with Gasteiger partial charge in [-0.05, 0) is 18.2 Å². The zero-order valence-electron chi connectivity index (χ0n) is 11.5. The summed E-state index contributed by atoms with van der Waals surface area (Å²) in [4.78, 5) is 4.13. The van der Waals surface area contributed by atoms with Gasteiger partial charge < -0.3 is 15.2 Å². The highest BCUT2D eigenvalue weighted by Gasteiger charge is 2.24. The monoisotopic (exact) mass is 288 g/mol. The molecule has 2 aromatic rings. The van der Waals surface area contributed by atoms with Gasteiger partial charge in [0.25, 0.3) is 0 Å². The number of aliphatic hydroxyl groups is 1. The molecule has 1 aliphatic rings. The van der Waals surface area contributed by atoms with E-state index in [1.54, 1.807) is 24.4 Å². The van der Waals surface area contributed by atoms with Crippen LogP contribution in [0.15, 0.2) is 42.6 Å². The highest BCUT2D eigenvalue weighted by molar-refractivity contribution is 5.38. The van der Waals surface area contributed by atoms with Gasteiger partial charge in [0.05, 0.1) is 12.3 Å². The van der Waals surface area contributed by atoms with E-state index in [2.05, 4.69) is 10.3 Å². The predicted molar refractivity (Wildman–Crippen MR) is 76.5 cm³/mol. The number of hydrogen-bond acceptors (Lipinski definition) is 4. The third-order valence-electron chi connectivity index (χ3n) is 3.61. The van der Waals surface area contributed by atoms with Crippen molar-refractivity contribution in [3.63, 3.8) is 0 Å². The number of fused-ring (bicyclic) bond motifs is 1. The van der Waals surface area contributed by atoms with Crippen molar-refractivity contribution in [1.29, 1.82) is 0 Å². The fourth-order valence-electron chi connectivity index (χ4n) is 2.53. The molecule has 5 heteroatoms. The average molecular weight is 288 g/mol. The molecule has 0 bridgehead atoms. The van der Waals surface area contributed by atoms with Crippen molar-refractivity contribution in [2.24, 2.45) is 0 Å². The van der Waals surface area contributed by atoms with E-state index in [-0.39, 0.29) is 11.9 Å². The Morgan fingerprint density at radius 1 is 1.33 bits per heavy atom. The van der Waals surface area contributed by atoms with Gasteiger partial charge in [-0.3, -0.25) is 4.98 Å². The number of para-hydroxylation sites is 1. The predicted octanol–water partition coefficient (Wildman–Crippen LogP) is 2.37. The Morgan fingerprint density at radius 3 is 3.05 bits per heavy atom. The van der Waals surface area contributed by atoms with Crippen LogP contribution in [0.1, 0.15) is 29.8 Å². The van der Waals surface area contributed by atoms with Gasteiger partial charge in [-0.25, -0.2) is 4.39 Å². The molecule has 4 nitrogen and oxygen atoms in total.